The van der Waals surface area contributed by atoms with Crippen molar-refractivity contribution in [3.63, 3.8) is 0 Å². The van der Waals surface area contributed by atoms with Gasteiger partial charge in [0.1, 0.15) is 12.1 Å². The van der Waals surface area contributed by atoms with Crippen LogP contribution in [0.15, 0.2) is 29.2 Å². The molecule has 1 heterocycles. The number of carboxylic acid groups (broad SMARTS) is 1. The van der Waals surface area contributed by atoms with Crippen LogP contribution in [0.3, 0.4) is 0 Å². The lowest BCUT2D eigenvalue weighted by molar-refractivity contribution is -0.143. The van der Waals surface area contributed by atoms with Gasteiger partial charge in [0.05, 0.1) is 10.8 Å². The first kappa shape index (κ1) is 21.5. The molecule has 0 spiro atoms. The maximum atomic E-state index is 13.0. The zero-order chi connectivity index (χ0) is 21.1. The summed E-state index contributed by atoms with van der Waals surface area (Å²) in [6.45, 7) is 3.16. The predicted octanol–water partition coefficient (Wildman–Crippen LogP) is 0.913. The molecule has 3 N–H and O–H groups in total. The highest BCUT2D eigenvalue weighted by Gasteiger charge is 2.52. The molecular formula is C17H23N3O7S. The minimum absolute atomic E-state index is 0.0569. The normalized spacial score (nSPS) is 20.4. The number of hydrogen-bond donors (Lipinski definition) is 3. The van der Waals surface area contributed by atoms with E-state index in [2.05, 4.69) is 10.6 Å². The van der Waals surface area contributed by atoms with E-state index in [0.29, 0.717) is 4.31 Å². The second-order valence-electron chi connectivity index (χ2n) is 6.45. The molecule has 3 amide bonds. The van der Waals surface area contributed by atoms with Gasteiger partial charge in [-0.2, -0.15) is 4.31 Å². The molecule has 1 unspecified atom stereocenters. The summed E-state index contributed by atoms with van der Waals surface area (Å²) in [5.41, 5.74) is 0.830. The van der Waals surface area contributed by atoms with Crippen molar-refractivity contribution in [1.82, 2.24) is 14.9 Å². The summed E-state index contributed by atoms with van der Waals surface area (Å²) >= 11 is 0. The number of nitrogens with one attached hydrogen (secondary N) is 2. The Labute approximate surface area is 162 Å². The molecule has 0 aliphatic carbocycles. The van der Waals surface area contributed by atoms with Crippen LogP contribution < -0.4 is 10.6 Å². The molecule has 1 saturated heterocycles. The monoisotopic (exact) mass is 413 g/mol. The summed E-state index contributed by atoms with van der Waals surface area (Å²) in [4.78, 5) is 35.1. The Bertz CT molecular complexity index is 854. The van der Waals surface area contributed by atoms with Crippen molar-refractivity contribution >= 4 is 28.1 Å². The van der Waals surface area contributed by atoms with Gasteiger partial charge < -0.3 is 20.5 Å². The number of amides is 3. The first-order valence-electron chi connectivity index (χ1n) is 8.59. The van der Waals surface area contributed by atoms with E-state index >= 15 is 0 Å². The number of hydrogen-bond acceptors (Lipinski definition) is 6. The fraction of sp³-hybridized carbons (Fsp3) is 0.471. The zero-order valence-electron chi connectivity index (χ0n) is 15.7. The van der Waals surface area contributed by atoms with Gasteiger partial charge in [0.15, 0.2) is 0 Å². The molecule has 1 aromatic rings. The maximum Gasteiger partial charge on any atom is 0.424 e. The summed E-state index contributed by atoms with van der Waals surface area (Å²) in [5, 5.41) is 14.3. The molecule has 154 valence electrons. The highest BCUT2D eigenvalue weighted by Crippen LogP contribution is 2.33. The number of rotatable bonds is 7. The largest absolute Gasteiger partial charge is 0.481 e. The Kier molecular flexibility index (Phi) is 6.49. The minimum Gasteiger partial charge on any atom is -0.481 e. The Morgan fingerprint density at radius 2 is 1.89 bits per heavy atom. The predicted molar refractivity (Wildman–Crippen MR) is 98.1 cm³/mol. The molecule has 0 radical (unpaired) electrons. The van der Waals surface area contributed by atoms with Gasteiger partial charge in [-0.05, 0) is 26.0 Å². The Morgan fingerprint density at radius 1 is 1.29 bits per heavy atom. The fourth-order valence-corrected chi connectivity index (χ4v) is 4.51. The Hall–Kier alpha value is -2.82. The lowest BCUT2D eigenvalue weighted by atomic mass is 9.95. The van der Waals surface area contributed by atoms with E-state index in [4.69, 9.17) is 4.74 Å². The Morgan fingerprint density at radius 3 is 2.43 bits per heavy atom. The summed E-state index contributed by atoms with van der Waals surface area (Å²) in [6.07, 6.45) is -2.10. The van der Waals surface area contributed by atoms with Crippen molar-refractivity contribution in [2.45, 2.75) is 37.3 Å². The SMILES string of the molecule is CNC(=O)NCC[C@H]1OC(=O)N(S(=O)(=O)c2ccc(C)cc2)[C@@H]1C(C)C(=O)O. The van der Waals surface area contributed by atoms with Crippen LogP contribution in [0.25, 0.3) is 0 Å². The van der Waals surface area contributed by atoms with Gasteiger partial charge >= 0.3 is 18.1 Å². The summed E-state index contributed by atoms with van der Waals surface area (Å²) in [7, 11) is -2.89. The molecule has 3 atom stereocenters. The van der Waals surface area contributed by atoms with Crippen LogP contribution in [0.1, 0.15) is 18.9 Å². The molecule has 28 heavy (non-hydrogen) atoms. The van der Waals surface area contributed by atoms with Crippen LogP contribution in [-0.2, 0) is 19.6 Å². The third-order valence-electron chi connectivity index (χ3n) is 4.50. The molecule has 1 aliphatic rings. The molecule has 1 aliphatic heterocycles. The number of carbonyl (C=O) groups excluding carboxylic acids is 2. The third kappa shape index (κ3) is 4.35. The van der Waals surface area contributed by atoms with Gasteiger partial charge in [0, 0.05) is 20.0 Å². The lowest BCUT2D eigenvalue weighted by Crippen LogP contribution is -2.48. The molecule has 1 aromatic carbocycles. The van der Waals surface area contributed by atoms with Crippen LogP contribution in [0.4, 0.5) is 9.59 Å². The van der Waals surface area contributed by atoms with Gasteiger partial charge in [-0.25, -0.2) is 18.0 Å². The van der Waals surface area contributed by atoms with E-state index in [9.17, 15) is 27.9 Å². The maximum absolute atomic E-state index is 13.0. The Balaban J connectivity index is 2.35. The van der Waals surface area contributed by atoms with Crippen molar-refractivity contribution in [2.24, 2.45) is 5.92 Å². The second kappa shape index (κ2) is 8.46. The number of ether oxygens (including phenoxy) is 1. The average Bonchev–Trinajstić information content (AvgIpc) is 2.97. The van der Waals surface area contributed by atoms with Crippen LogP contribution in [0.2, 0.25) is 0 Å². The number of nitrogens with zero attached hydrogens (tertiary/aromatic N) is 1. The number of carbonyl (C=O) groups is 3. The number of cyclic esters (lactones) is 1. The first-order chi connectivity index (χ1) is 13.1. The first-order valence-corrected chi connectivity index (χ1v) is 10.0. The number of carboxylic acids is 1. The molecule has 10 nitrogen and oxygen atoms in total. The summed E-state index contributed by atoms with van der Waals surface area (Å²) < 4.78 is 31.7. The van der Waals surface area contributed by atoms with Crippen LogP contribution >= 0.6 is 0 Å². The van der Waals surface area contributed by atoms with E-state index in [0.717, 1.165) is 5.56 Å². The molecule has 0 aromatic heterocycles. The lowest BCUT2D eigenvalue weighted by Gasteiger charge is -2.27. The number of aryl methyl sites for hydroxylation is 1. The molecule has 0 saturated carbocycles. The highest BCUT2D eigenvalue weighted by atomic mass is 32.2. The molecule has 1 fully saturated rings. The second-order valence-corrected chi connectivity index (χ2v) is 8.26. The minimum atomic E-state index is -4.32. The van der Waals surface area contributed by atoms with Gasteiger partial charge in [0.2, 0.25) is 0 Å². The number of aliphatic carboxylic acids is 1. The molecule has 11 heteroatoms. The van der Waals surface area contributed by atoms with Crippen LogP contribution in [0, 0.1) is 12.8 Å². The summed E-state index contributed by atoms with van der Waals surface area (Å²) in [6, 6.07) is 4.14. The van der Waals surface area contributed by atoms with Gasteiger partial charge in [-0.1, -0.05) is 17.7 Å². The standard InChI is InChI=1S/C17H23N3O7S/c1-10-4-6-12(7-5-10)28(25,26)20-14(11(2)15(21)22)13(27-17(20)24)8-9-19-16(23)18-3/h4-7,11,13-14H,8-9H2,1-3H3,(H,21,22)(H2,18,19,23)/t11?,13-,14-/m1/s1. The van der Waals surface area contributed by atoms with Crippen molar-refractivity contribution in [3.05, 3.63) is 29.8 Å². The van der Waals surface area contributed by atoms with Gasteiger partial charge in [-0.3, -0.25) is 4.79 Å². The average molecular weight is 413 g/mol. The molecule has 0 bridgehead atoms. The van der Waals surface area contributed by atoms with Crippen molar-refractivity contribution < 1.29 is 32.6 Å². The van der Waals surface area contributed by atoms with Crippen molar-refractivity contribution in [3.8, 4) is 0 Å². The topological polar surface area (TPSA) is 142 Å². The van der Waals surface area contributed by atoms with Crippen LogP contribution in [0.5, 0.6) is 0 Å². The smallest absolute Gasteiger partial charge is 0.424 e. The third-order valence-corrected chi connectivity index (χ3v) is 6.28. The van der Waals surface area contributed by atoms with Gasteiger partial charge in [-0.15, -0.1) is 0 Å². The highest BCUT2D eigenvalue weighted by molar-refractivity contribution is 7.89. The van der Waals surface area contributed by atoms with E-state index in [1.165, 1.54) is 26.1 Å². The fourth-order valence-electron chi connectivity index (χ4n) is 2.92. The summed E-state index contributed by atoms with van der Waals surface area (Å²) in [5.74, 6) is -2.48. The zero-order valence-corrected chi connectivity index (χ0v) is 16.5. The van der Waals surface area contributed by atoms with Crippen molar-refractivity contribution in [1.29, 1.82) is 0 Å². The van der Waals surface area contributed by atoms with E-state index < -0.39 is 46.2 Å². The van der Waals surface area contributed by atoms with Gasteiger partial charge in [0.25, 0.3) is 10.0 Å². The molecular weight excluding hydrogens is 390 g/mol. The van der Waals surface area contributed by atoms with E-state index in [1.54, 1.807) is 19.1 Å². The van der Waals surface area contributed by atoms with Crippen LogP contribution in [-0.4, -0.2) is 61.7 Å². The molecule has 2 rings (SSSR count). The van der Waals surface area contributed by atoms with E-state index in [1.807, 2.05) is 0 Å². The van der Waals surface area contributed by atoms with Crippen molar-refractivity contribution in [2.75, 3.05) is 13.6 Å². The number of urea groups is 1. The number of benzene rings is 1. The quantitative estimate of drug-likeness (QED) is 0.603. The number of sulfonamides is 1. The van der Waals surface area contributed by atoms with E-state index in [-0.39, 0.29) is 17.9 Å².